The van der Waals surface area contributed by atoms with E-state index in [-0.39, 0.29) is 10.9 Å². The first kappa shape index (κ1) is 18.4. The van der Waals surface area contributed by atoms with E-state index >= 15 is 0 Å². The number of fused-ring (bicyclic) bond motifs is 2. The molecule has 0 saturated carbocycles. The zero-order chi connectivity index (χ0) is 19.1. The minimum atomic E-state index is -4.26. The summed E-state index contributed by atoms with van der Waals surface area (Å²) in [6.45, 7) is 5.60. The minimum absolute atomic E-state index is 0.156. The van der Waals surface area contributed by atoms with Gasteiger partial charge in [0.25, 0.3) is 10.1 Å². The number of benzene rings is 3. The predicted octanol–water partition coefficient (Wildman–Crippen LogP) is 4.58. The van der Waals surface area contributed by atoms with Crippen LogP contribution >= 0.6 is 0 Å². The van der Waals surface area contributed by atoms with Crippen LogP contribution in [0.15, 0.2) is 53.4 Å². The molecule has 0 spiro atoms. The van der Waals surface area contributed by atoms with Crippen molar-refractivity contribution in [3.05, 3.63) is 48.5 Å². The van der Waals surface area contributed by atoms with Crippen LogP contribution < -0.4 is 4.74 Å². The average Bonchev–Trinajstić information content (AvgIpc) is 2.58. The van der Waals surface area contributed by atoms with Crippen LogP contribution in [0.2, 0.25) is 0 Å². The second-order valence-electron chi connectivity index (χ2n) is 6.97. The standard InChI is InChI=1S/C20H20O5S/c1-4-20(2,3)19(21)25-17-7-5-13-9-14-6-8-18(26(22,23)24)12-16(14)10-15(13)11-17/h5-12H,4H2,1-3H3,(H,22,23,24). The van der Waals surface area contributed by atoms with Crippen molar-refractivity contribution in [2.24, 2.45) is 5.41 Å². The van der Waals surface area contributed by atoms with Gasteiger partial charge in [0.2, 0.25) is 0 Å². The van der Waals surface area contributed by atoms with E-state index in [2.05, 4.69) is 0 Å². The van der Waals surface area contributed by atoms with Crippen LogP contribution in [0.25, 0.3) is 21.5 Å². The van der Waals surface area contributed by atoms with E-state index in [1.54, 1.807) is 18.2 Å². The van der Waals surface area contributed by atoms with Crippen molar-refractivity contribution in [3.63, 3.8) is 0 Å². The molecule has 0 fully saturated rings. The molecule has 0 aromatic heterocycles. The lowest BCUT2D eigenvalue weighted by Gasteiger charge is -2.20. The molecule has 0 aliphatic rings. The third kappa shape index (κ3) is 3.57. The molecule has 0 atom stereocenters. The lowest BCUT2D eigenvalue weighted by Crippen LogP contribution is -2.28. The highest BCUT2D eigenvalue weighted by molar-refractivity contribution is 7.85. The van der Waals surface area contributed by atoms with Gasteiger partial charge in [-0.2, -0.15) is 8.42 Å². The Labute approximate surface area is 152 Å². The molecule has 136 valence electrons. The monoisotopic (exact) mass is 372 g/mol. The van der Waals surface area contributed by atoms with Gasteiger partial charge in [-0.15, -0.1) is 0 Å². The molecule has 0 aliphatic carbocycles. The predicted molar refractivity (Wildman–Crippen MR) is 101 cm³/mol. The highest BCUT2D eigenvalue weighted by Gasteiger charge is 2.27. The molecule has 3 aromatic carbocycles. The fourth-order valence-electron chi connectivity index (χ4n) is 2.57. The first-order valence-corrected chi connectivity index (χ1v) is 9.71. The van der Waals surface area contributed by atoms with Crippen LogP contribution in [0.4, 0.5) is 0 Å². The molecule has 0 amide bonds. The molecule has 0 unspecified atom stereocenters. The van der Waals surface area contributed by atoms with E-state index in [0.717, 1.165) is 16.2 Å². The van der Waals surface area contributed by atoms with Gasteiger partial charge in [-0.05, 0) is 78.2 Å². The molecule has 6 heteroatoms. The Hall–Kier alpha value is -2.44. The third-order valence-corrected chi connectivity index (χ3v) is 5.53. The Morgan fingerprint density at radius 3 is 2.15 bits per heavy atom. The summed E-state index contributed by atoms with van der Waals surface area (Å²) in [6, 6.07) is 13.5. The summed E-state index contributed by atoms with van der Waals surface area (Å²) in [5.41, 5.74) is -0.567. The molecule has 0 saturated heterocycles. The fraction of sp³-hybridized carbons (Fsp3) is 0.250. The Morgan fingerprint density at radius 2 is 1.54 bits per heavy atom. The molecule has 26 heavy (non-hydrogen) atoms. The lowest BCUT2D eigenvalue weighted by molar-refractivity contribution is -0.144. The van der Waals surface area contributed by atoms with Crippen LogP contribution in [0.1, 0.15) is 27.2 Å². The van der Waals surface area contributed by atoms with Gasteiger partial charge in [0.15, 0.2) is 0 Å². The molecular weight excluding hydrogens is 352 g/mol. The molecular formula is C20H20O5S. The first-order chi connectivity index (χ1) is 12.1. The second kappa shape index (κ2) is 6.37. The summed E-state index contributed by atoms with van der Waals surface area (Å²) in [4.78, 5) is 12.1. The zero-order valence-electron chi connectivity index (χ0n) is 14.8. The number of hydrogen-bond acceptors (Lipinski definition) is 4. The van der Waals surface area contributed by atoms with Crippen LogP contribution in [-0.4, -0.2) is 18.9 Å². The third-order valence-electron chi connectivity index (χ3n) is 4.68. The van der Waals surface area contributed by atoms with E-state index < -0.39 is 15.5 Å². The summed E-state index contributed by atoms with van der Waals surface area (Å²) in [5.74, 6) is 0.142. The maximum Gasteiger partial charge on any atom is 0.316 e. The van der Waals surface area contributed by atoms with Crippen molar-refractivity contribution < 1.29 is 22.5 Å². The Kier molecular flexibility index (Phi) is 4.50. The van der Waals surface area contributed by atoms with E-state index in [1.165, 1.54) is 12.1 Å². The molecule has 1 N–H and O–H groups in total. The number of esters is 1. The molecule has 0 aliphatic heterocycles. The summed E-state index contributed by atoms with van der Waals surface area (Å²) in [5, 5.41) is 3.27. The number of hydrogen-bond donors (Lipinski definition) is 1. The van der Waals surface area contributed by atoms with Crippen LogP contribution in [0, 0.1) is 5.41 Å². The lowest BCUT2D eigenvalue weighted by atomic mass is 9.91. The number of carbonyl (C=O) groups excluding carboxylic acids is 1. The van der Waals surface area contributed by atoms with Crippen LogP contribution in [-0.2, 0) is 14.9 Å². The Morgan fingerprint density at radius 1 is 0.962 bits per heavy atom. The Bertz CT molecular complexity index is 1110. The zero-order valence-corrected chi connectivity index (χ0v) is 15.6. The molecule has 5 nitrogen and oxygen atoms in total. The van der Waals surface area contributed by atoms with Gasteiger partial charge in [0.05, 0.1) is 10.3 Å². The van der Waals surface area contributed by atoms with Crippen molar-refractivity contribution >= 4 is 37.6 Å². The van der Waals surface area contributed by atoms with Gasteiger partial charge in [-0.1, -0.05) is 19.1 Å². The maximum atomic E-state index is 12.3. The largest absolute Gasteiger partial charge is 0.426 e. The molecule has 3 aromatic rings. The van der Waals surface area contributed by atoms with Gasteiger partial charge in [-0.3, -0.25) is 9.35 Å². The minimum Gasteiger partial charge on any atom is -0.426 e. The maximum absolute atomic E-state index is 12.3. The second-order valence-corrected chi connectivity index (χ2v) is 8.39. The Balaban J connectivity index is 2.05. The molecule has 0 radical (unpaired) electrons. The fourth-order valence-corrected chi connectivity index (χ4v) is 3.08. The average molecular weight is 372 g/mol. The van der Waals surface area contributed by atoms with E-state index in [0.29, 0.717) is 17.6 Å². The van der Waals surface area contributed by atoms with Crippen LogP contribution in [0.5, 0.6) is 5.75 Å². The summed E-state index contributed by atoms with van der Waals surface area (Å²) in [6.07, 6.45) is 0.669. The van der Waals surface area contributed by atoms with Crippen molar-refractivity contribution in [1.29, 1.82) is 0 Å². The SMILES string of the molecule is CCC(C)(C)C(=O)Oc1ccc2cc3ccc(S(=O)(=O)O)cc3cc2c1. The van der Waals surface area contributed by atoms with Crippen molar-refractivity contribution in [2.75, 3.05) is 0 Å². The van der Waals surface area contributed by atoms with Gasteiger partial charge >= 0.3 is 5.97 Å². The highest BCUT2D eigenvalue weighted by Crippen LogP contribution is 2.29. The number of ether oxygens (including phenoxy) is 1. The summed E-state index contributed by atoms with van der Waals surface area (Å²) in [7, 11) is -4.26. The van der Waals surface area contributed by atoms with Gasteiger partial charge in [0.1, 0.15) is 5.75 Å². The highest BCUT2D eigenvalue weighted by atomic mass is 32.2. The van der Waals surface area contributed by atoms with E-state index in [1.807, 2.05) is 39.0 Å². The molecule has 3 rings (SSSR count). The number of rotatable bonds is 4. The quantitative estimate of drug-likeness (QED) is 0.314. The van der Waals surface area contributed by atoms with Crippen molar-refractivity contribution in [2.45, 2.75) is 32.1 Å². The molecule has 0 heterocycles. The molecule has 0 bridgehead atoms. The van der Waals surface area contributed by atoms with Gasteiger partial charge in [0, 0.05) is 0 Å². The number of carbonyl (C=O) groups is 1. The van der Waals surface area contributed by atoms with Crippen molar-refractivity contribution in [3.8, 4) is 5.75 Å². The smallest absolute Gasteiger partial charge is 0.316 e. The van der Waals surface area contributed by atoms with E-state index in [9.17, 15) is 17.8 Å². The summed E-state index contributed by atoms with van der Waals surface area (Å²) >= 11 is 0. The van der Waals surface area contributed by atoms with Crippen molar-refractivity contribution in [1.82, 2.24) is 0 Å². The van der Waals surface area contributed by atoms with Gasteiger partial charge < -0.3 is 4.74 Å². The summed E-state index contributed by atoms with van der Waals surface area (Å²) < 4.78 is 37.4. The van der Waals surface area contributed by atoms with E-state index in [4.69, 9.17) is 4.74 Å². The van der Waals surface area contributed by atoms with Gasteiger partial charge in [-0.25, -0.2) is 0 Å². The van der Waals surface area contributed by atoms with Crippen LogP contribution in [0.3, 0.4) is 0 Å². The normalized spacial score (nSPS) is 12.5. The first-order valence-electron chi connectivity index (χ1n) is 8.27. The topological polar surface area (TPSA) is 80.7 Å².